The Hall–Kier alpha value is -6.00. The summed E-state index contributed by atoms with van der Waals surface area (Å²) in [6.45, 7) is 28.2. The molecule has 34 heteroatoms. The third kappa shape index (κ3) is 32.7. The number of carbonyl (C=O) groups is 6. The van der Waals surface area contributed by atoms with Crippen molar-refractivity contribution >= 4 is 46.8 Å². The molecule has 1 aromatic carbocycles. The third-order valence-corrected chi connectivity index (χ3v) is 17.8. The molecular formula is C72H128N10O24. The van der Waals surface area contributed by atoms with Crippen LogP contribution in [0.15, 0.2) is 49.1 Å². The van der Waals surface area contributed by atoms with Gasteiger partial charge in [-0.05, 0) is 134 Å². The molecule has 0 aromatic heterocycles. The maximum Gasteiger partial charge on any atom is 0.240 e. The Bertz CT molecular complexity index is 2910. The van der Waals surface area contributed by atoms with Gasteiger partial charge in [0.15, 0.2) is 0 Å². The second kappa shape index (κ2) is 43.4. The predicted octanol–water partition coefficient (Wildman–Crippen LogP) is -0.938. The lowest BCUT2D eigenvalue weighted by Gasteiger charge is -2.49. The zero-order valence-corrected chi connectivity index (χ0v) is 65.1. The standard InChI is InChI=1S/C72H128N10O24/c1-43(88)53(36-85)103-64(52(35-84)79-48(6)90)71(17,18)106-68(11,12)39-75-56(91)23-28-97-40-72(82-59(94)33-74-46(4)77-50-21-19-49(20-22-50)76-45(3)73)41-98-29-24-57(92)80-66(7,8)26-31-100-69(13,14)63(51(34-83)78-47(5)89)104-54(37-86)44(2)102-62-61(96)60(95)55(38-87)105-65(62)70(15,16)101-32-27-67(9,10)81-58(93)25-30-99-42-72/h19-22,43-44,51-55,60-65,74,76-77,83-88,95-96H,3-4,23-42,73H2,1-2,5-18H3,(H,75,91)(H,78,89)(H,79,90)(H,80,92)(H,81,93)(H,82,94)/t43-,44-,51+,52+,53?,54?,55?,60?,61?,62?,63?,64?,65?,72?/m0/s1. The zero-order chi connectivity index (χ0) is 80.2. The lowest BCUT2D eigenvalue weighted by Crippen LogP contribution is -2.66. The molecule has 2 saturated heterocycles. The van der Waals surface area contributed by atoms with E-state index in [1.807, 2.05) is 0 Å². The molecule has 14 atom stereocenters. The Labute approximate surface area is 624 Å². The quantitative estimate of drug-likeness (QED) is 0.0413. The first-order valence-corrected chi connectivity index (χ1v) is 36.0. The van der Waals surface area contributed by atoms with Crippen LogP contribution in [0, 0.1) is 0 Å². The van der Waals surface area contributed by atoms with E-state index in [0.29, 0.717) is 11.4 Å². The fraction of sp³-hybridized carbons (Fsp3) is 0.778. The van der Waals surface area contributed by atoms with Crippen LogP contribution in [0.5, 0.6) is 0 Å². The van der Waals surface area contributed by atoms with Crippen LogP contribution in [-0.4, -0.2) is 294 Å². The first-order chi connectivity index (χ1) is 49.3. The fourth-order valence-electron chi connectivity index (χ4n) is 12.2. The highest BCUT2D eigenvalue weighted by molar-refractivity contribution is 5.80. The number of nitrogens with one attached hydrogen (secondary N) is 9. The summed E-state index contributed by atoms with van der Waals surface area (Å²) < 4.78 is 63.5. The molecule has 6 amide bonds. The van der Waals surface area contributed by atoms with Gasteiger partial charge in [-0.25, -0.2) is 0 Å². The van der Waals surface area contributed by atoms with Crippen LogP contribution in [0.4, 0.5) is 11.4 Å². The van der Waals surface area contributed by atoms with Gasteiger partial charge in [-0.1, -0.05) is 13.2 Å². The molecule has 0 bridgehead atoms. The average molecular weight is 1520 g/mol. The zero-order valence-electron chi connectivity index (χ0n) is 65.1. The number of nitrogens with two attached hydrogens (primary N) is 1. The molecule has 0 saturated carbocycles. The van der Waals surface area contributed by atoms with E-state index >= 15 is 0 Å². The molecule has 2 aliphatic rings. The van der Waals surface area contributed by atoms with Crippen LogP contribution in [0.3, 0.4) is 0 Å². The molecule has 2 aliphatic heterocycles. The summed E-state index contributed by atoms with van der Waals surface area (Å²) >= 11 is 0. The van der Waals surface area contributed by atoms with Crippen molar-refractivity contribution in [3.05, 3.63) is 49.1 Å². The second-order valence-electron chi connectivity index (χ2n) is 30.8. The minimum Gasteiger partial charge on any atom is -0.394 e. The first-order valence-electron chi connectivity index (χ1n) is 36.0. The van der Waals surface area contributed by atoms with Crippen molar-refractivity contribution < 1.29 is 117 Å². The van der Waals surface area contributed by atoms with E-state index in [9.17, 15) is 69.6 Å². The molecule has 0 radical (unpaired) electrons. The summed E-state index contributed by atoms with van der Waals surface area (Å²) in [5.41, 5.74) is -1.65. The number of aliphatic hydroxyl groups excluding tert-OH is 8. The molecular weight excluding hydrogens is 1390 g/mol. The maximum absolute atomic E-state index is 14.3. The number of hydrogen-bond donors (Lipinski definition) is 18. The van der Waals surface area contributed by atoms with Gasteiger partial charge in [0.05, 0.1) is 138 Å². The monoisotopic (exact) mass is 1520 g/mol. The van der Waals surface area contributed by atoms with Gasteiger partial charge in [-0.3, -0.25) is 28.8 Å². The Balaban J connectivity index is 2.04. The topological polar surface area (TPSA) is 491 Å². The number of aliphatic hydroxyl groups is 8. The van der Waals surface area contributed by atoms with Gasteiger partial charge >= 0.3 is 0 Å². The molecule has 10 unspecified atom stereocenters. The number of benzene rings is 1. The molecule has 3 rings (SSSR count). The summed E-state index contributed by atoms with van der Waals surface area (Å²) in [5.74, 6) is -2.47. The summed E-state index contributed by atoms with van der Waals surface area (Å²) in [6, 6.07) is 4.84. The summed E-state index contributed by atoms with van der Waals surface area (Å²) in [7, 11) is 0. The van der Waals surface area contributed by atoms with E-state index in [2.05, 4.69) is 61.0 Å². The van der Waals surface area contributed by atoms with E-state index < -0.39 is 187 Å². The first kappa shape index (κ1) is 94.2. The number of fused-ring (bicyclic) bond motifs is 1. The van der Waals surface area contributed by atoms with Gasteiger partial charge in [-0.15, -0.1) is 0 Å². The maximum atomic E-state index is 14.3. The van der Waals surface area contributed by atoms with E-state index in [4.69, 9.17) is 53.1 Å². The summed E-state index contributed by atoms with van der Waals surface area (Å²) in [5, 5.41) is 112. The number of ether oxygens (including phenoxy) is 10. The van der Waals surface area contributed by atoms with Crippen molar-refractivity contribution in [1.29, 1.82) is 0 Å². The largest absolute Gasteiger partial charge is 0.394 e. The number of carbonyl (C=O) groups excluding carboxylic acids is 6. The molecule has 2 fully saturated rings. The third-order valence-electron chi connectivity index (χ3n) is 17.8. The summed E-state index contributed by atoms with van der Waals surface area (Å²) in [6.07, 6.45) is -14.3. The van der Waals surface area contributed by atoms with E-state index in [1.54, 1.807) is 114 Å². The molecule has 2 heterocycles. The van der Waals surface area contributed by atoms with Gasteiger partial charge in [0.25, 0.3) is 0 Å². The van der Waals surface area contributed by atoms with E-state index in [1.165, 1.54) is 20.8 Å². The van der Waals surface area contributed by atoms with Crippen molar-refractivity contribution in [3.63, 3.8) is 0 Å². The lowest BCUT2D eigenvalue weighted by atomic mass is 9.86. The predicted molar refractivity (Wildman–Crippen MR) is 392 cm³/mol. The number of amides is 6. The Morgan fingerprint density at radius 1 is 0.708 bits per heavy atom. The molecule has 610 valence electrons. The number of anilines is 2. The van der Waals surface area contributed by atoms with Crippen molar-refractivity contribution in [3.8, 4) is 0 Å². The van der Waals surface area contributed by atoms with E-state index in [-0.39, 0.29) is 110 Å². The van der Waals surface area contributed by atoms with Crippen molar-refractivity contribution in [2.45, 2.75) is 261 Å². The Morgan fingerprint density at radius 3 is 1.74 bits per heavy atom. The van der Waals surface area contributed by atoms with Gasteiger partial charge < -0.3 is 142 Å². The van der Waals surface area contributed by atoms with Crippen LogP contribution >= 0.6 is 0 Å². The van der Waals surface area contributed by atoms with Crippen LogP contribution < -0.4 is 53.6 Å². The van der Waals surface area contributed by atoms with Crippen LogP contribution in [0.2, 0.25) is 0 Å². The highest BCUT2D eigenvalue weighted by Gasteiger charge is 2.53. The normalized spacial score (nSPS) is 26.4. The minimum atomic E-state index is -1.68. The highest BCUT2D eigenvalue weighted by Crippen LogP contribution is 2.36. The molecule has 19 N–H and O–H groups in total. The van der Waals surface area contributed by atoms with Crippen LogP contribution in [0.25, 0.3) is 0 Å². The highest BCUT2D eigenvalue weighted by atomic mass is 16.6. The van der Waals surface area contributed by atoms with Gasteiger partial charge in [-0.2, -0.15) is 0 Å². The van der Waals surface area contributed by atoms with Gasteiger partial charge in [0, 0.05) is 75.3 Å². The van der Waals surface area contributed by atoms with E-state index in [0.717, 1.165) is 0 Å². The molecule has 1 aromatic rings. The average Bonchev–Trinajstić information content (AvgIpc) is 0.771. The number of hydrogen-bond acceptors (Lipinski definition) is 28. The van der Waals surface area contributed by atoms with Crippen LogP contribution in [-0.2, 0) is 76.1 Å². The Morgan fingerprint density at radius 2 is 1.25 bits per heavy atom. The van der Waals surface area contributed by atoms with Crippen molar-refractivity contribution in [2.75, 3.05) is 110 Å². The SMILES string of the molecule is C=C(N)Nc1ccc(NC(=C)NCC(=O)NC2(COCCC(=O)NCC(C)(C)OC(C)(C)C(OC(CO)[C@H](C)O)[C@@H](CO)NC(C)=O)COCCC(=O)NC(C)(C)CCOC(C)(C)C3OC(CO)C(O)C(O)C3O[C@@H](C)C(CO)OC([C@@H](CO)NC(C)=O)C(C)(C)OCCC(C)(C)NC(=O)CCOC2)cc1. The van der Waals surface area contributed by atoms with Crippen molar-refractivity contribution in [2.24, 2.45) is 5.73 Å². The number of rotatable bonds is 30. The van der Waals surface area contributed by atoms with Crippen molar-refractivity contribution in [1.82, 2.24) is 37.2 Å². The van der Waals surface area contributed by atoms with Gasteiger partial charge in [0.1, 0.15) is 60.5 Å². The second-order valence-corrected chi connectivity index (χ2v) is 30.8. The van der Waals surface area contributed by atoms with Gasteiger partial charge in [0.2, 0.25) is 35.4 Å². The van der Waals surface area contributed by atoms with Crippen LogP contribution in [0.1, 0.15) is 143 Å². The minimum absolute atomic E-state index is 0.0150. The molecule has 34 nitrogen and oxygen atoms in total. The smallest absolute Gasteiger partial charge is 0.240 e. The molecule has 106 heavy (non-hydrogen) atoms. The lowest BCUT2D eigenvalue weighted by molar-refractivity contribution is -0.296. The Kier molecular flexibility index (Phi) is 38.6. The fourth-order valence-corrected chi connectivity index (χ4v) is 12.2. The molecule has 0 aliphatic carbocycles. The molecule has 0 spiro atoms. The summed E-state index contributed by atoms with van der Waals surface area (Å²) in [4.78, 5) is 80.4.